The first-order chi connectivity index (χ1) is 6.18. The van der Waals surface area contributed by atoms with Gasteiger partial charge in [0, 0.05) is 6.04 Å². The van der Waals surface area contributed by atoms with Gasteiger partial charge in [-0.1, -0.05) is 33.6 Å². The van der Waals surface area contributed by atoms with Gasteiger partial charge in [-0.05, 0) is 37.6 Å². The summed E-state index contributed by atoms with van der Waals surface area (Å²) in [6.07, 6.45) is 7.03. The van der Waals surface area contributed by atoms with Crippen molar-refractivity contribution in [3.63, 3.8) is 0 Å². The topological polar surface area (TPSA) is 12.0 Å². The second kappa shape index (κ2) is 5.64. The highest BCUT2D eigenvalue weighted by Gasteiger charge is 2.16. The van der Waals surface area contributed by atoms with E-state index in [2.05, 4.69) is 26.1 Å². The summed E-state index contributed by atoms with van der Waals surface area (Å²) < 4.78 is 0. The van der Waals surface area contributed by atoms with Crippen molar-refractivity contribution in [3.8, 4) is 0 Å². The summed E-state index contributed by atoms with van der Waals surface area (Å²) in [4.78, 5) is 0. The summed E-state index contributed by atoms with van der Waals surface area (Å²) in [5.41, 5.74) is 0. The van der Waals surface area contributed by atoms with Crippen LogP contribution in [0.25, 0.3) is 0 Å². The van der Waals surface area contributed by atoms with Crippen LogP contribution in [0.2, 0.25) is 0 Å². The molecule has 0 saturated carbocycles. The molecule has 0 radical (unpaired) electrons. The molecule has 13 heavy (non-hydrogen) atoms. The summed E-state index contributed by atoms with van der Waals surface area (Å²) in [5.74, 6) is 1.78. The van der Waals surface area contributed by atoms with Crippen LogP contribution in [0, 0.1) is 11.8 Å². The normalized spacial score (nSPS) is 29.5. The molecule has 1 fully saturated rings. The van der Waals surface area contributed by atoms with Crippen LogP contribution in [-0.2, 0) is 0 Å². The number of piperidine rings is 1. The van der Waals surface area contributed by atoms with Gasteiger partial charge >= 0.3 is 0 Å². The molecule has 1 heterocycles. The van der Waals surface area contributed by atoms with Crippen molar-refractivity contribution in [2.45, 2.75) is 58.9 Å². The molecule has 1 aliphatic heterocycles. The summed E-state index contributed by atoms with van der Waals surface area (Å²) in [6.45, 7) is 8.22. The quantitative estimate of drug-likeness (QED) is 0.706. The van der Waals surface area contributed by atoms with Crippen molar-refractivity contribution in [2.75, 3.05) is 6.54 Å². The van der Waals surface area contributed by atoms with Gasteiger partial charge in [-0.25, -0.2) is 0 Å². The SMILES string of the molecule is CC(C)CCCC1CCC(C)CN1. The largest absolute Gasteiger partial charge is 0.314 e. The average molecular weight is 183 g/mol. The molecule has 0 amide bonds. The molecule has 0 spiro atoms. The second-order valence-corrected chi connectivity index (χ2v) is 5.11. The van der Waals surface area contributed by atoms with Crippen LogP contribution in [0.15, 0.2) is 0 Å². The number of nitrogens with one attached hydrogen (secondary N) is 1. The van der Waals surface area contributed by atoms with Gasteiger partial charge in [-0.15, -0.1) is 0 Å². The van der Waals surface area contributed by atoms with Crippen molar-refractivity contribution < 1.29 is 0 Å². The molecule has 2 atom stereocenters. The number of hydrogen-bond acceptors (Lipinski definition) is 1. The van der Waals surface area contributed by atoms with Crippen molar-refractivity contribution in [1.29, 1.82) is 0 Å². The minimum absolute atomic E-state index is 0.829. The lowest BCUT2D eigenvalue weighted by Crippen LogP contribution is -2.37. The minimum atomic E-state index is 0.829. The molecule has 1 heteroatoms. The number of rotatable bonds is 4. The Kier molecular flexibility index (Phi) is 4.79. The van der Waals surface area contributed by atoms with E-state index < -0.39 is 0 Å². The van der Waals surface area contributed by atoms with E-state index in [9.17, 15) is 0 Å². The van der Waals surface area contributed by atoms with Crippen LogP contribution in [0.3, 0.4) is 0 Å². The van der Waals surface area contributed by atoms with Gasteiger partial charge in [0.05, 0.1) is 0 Å². The van der Waals surface area contributed by atoms with E-state index >= 15 is 0 Å². The molecule has 0 aromatic rings. The van der Waals surface area contributed by atoms with Crippen molar-refractivity contribution in [1.82, 2.24) is 5.32 Å². The van der Waals surface area contributed by atoms with Crippen LogP contribution in [0.4, 0.5) is 0 Å². The van der Waals surface area contributed by atoms with Crippen LogP contribution < -0.4 is 5.32 Å². The Morgan fingerprint density at radius 2 is 2.08 bits per heavy atom. The molecule has 78 valence electrons. The summed E-state index contributed by atoms with van der Waals surface area (Å²) in [6, 6.07) is 0.829. The van der Waals surface area contributed by atoms with E-state index in [-0.39, 0.29) is 0 Å². The Hall–Kier alpha value is -0.0400. The first kappa shape index (κ1) is 11.0. The molecule has 0 aromatic heterocycles. The maximum atomic E-state index is 3.64. The smallest absolute Gasteiger partial charge is 0.00672 e. The standard InChI is InChI=1S/C12H25N/c1-10(2)5-4-6-12-8-7-11(3)9-13-12/h10-13H,4-9H2,1-3H3. The molecule has 0 bridgehead atoms. The van der Waals surface area contributed by atoms with E-state index in [1.54, 1.807) is 0 Å². The van der Waals surface area contributed by atoms with Crippen LogP contribution in [0.1, 0.15) is 52.9 Å². The lowest BCUT2D eigenvalue weighted by atomic mass is 9.92. The van der Waals surface area contributed by atoms with Gasteiger partial charge in [0.2, 0.25) is 0 Å². The van der Waals surface area contributed by atoms with Gasteiger partial charge in [-0.3, -0.25) is 0 Å². The zero-order valence-corrected chi connectivity index (χ0v) is 9.47. The monoisotopic (exact) mass is 183 g/mol. The predicted octanol–water partition coefficient (Wildman–Crippen LogP) is 3.20. The third-order valence-corrected chi connectivity index (χ3v) is 3.10. The van der Waals surface area contributed by atoms with Crippen LogP contribution in [-0.4, -0.2) is 12.6 Å². The zero-order chi connectivity index (χ0) is 9.68. The fraction of sp³-hybridized carbons (Fsp3) is 1.00. The van der Waals surface area contributed by atoms with Gasteiger partial charge < -0.3 is 5.32 Å². The Labute approximate surface area is 83.3 Å². The molecule has 1 aliphatic rings. The second-order valence-electron chi connectivity index (χ2n) is 5.11. The molecular formula is C12H25N. The Morgan fingerprint density at radius 1 is 1.31 bits per heavy atom. The van der Waals surface area contributed by atoms with E-state index in [0.29, 0.717) is 0 Å². The summed E-state index contributed by atoms with van der Waals surface area (Å²) in [7, 11) is 0. The van der Waals surface area contributed by atoms with Gasteiger partial charge in [-0.2, -0.15) is 0 Å². The summed E-state index contributed by atoms with van der Waals surface area (Å²) >= 11 is 0. The first-order valence-electron chi connectivity index (χ1n) is 5.92. The lowest BCUT2D eigenvalue weighted by Gasteiger charge is -2.27. The third kappa shape index (κ3) is 4.66. The van der Waals surface area contributed by atoms with Crippen LogP contribution >= 0.6 is 0 Å². The summed E-state index contributed by atoms with van der Waals surface area (Å²) in [5, 5.41) is 3.64. The van der Waals surface area contributed by atoms with Crippen LogP contribution in [0.5, 0.6) is 0 Å². The van der Waals surface area contributed by atoms with Gasteiger partial charge in [0.15, 0.2) is 0 Å². The zero-order valence-electron chi connectivity index (χ0n) is 9.47. The maximum absolute atomic E-state index is 3.64. The lowest BCUT2D eigenvalue weighted by molar-refractivity contribution is 0.306. The predicted molar refractivity (Wildman–Crippen MR) is 58.9 cm³/mol. The Balaban J connectivity index is 2.02. The Bertz CT molecular complexity index is 123. The molecule has 1 nitrogen and oxygen atoms in total. The molecule has 1 rings (SSSR count). The fourth-order valence-corrected chi connectivity index (χ4v) is 2.08. The number of hydrogen-bond donors (Lipinski definition) is 1. The van der Waals surface area contributed by atoms with Gasteiger partial charge in [0.1, 0.15) is 0 Å². The van der Waals surface area contributed by atoms with Crippen molar-refractivity contribution in [3.05, 3.63) is 0 Å². The van der Waals surface area contributed by atoms with E-state index in [1.165, 1.54) is 38.6 Å². The van der Waals surface area contributed by atoms with E-state index in [4.69, 9.17) is 0 Å². The molecule has 0 aliphatic carbocycles. The maximum Gasteiger partial charge on any atom is 0.00672 e. The third-order valence-electron chi connectivity index (χ3n) is 3.10. The van der Waals surface area contributed by atoms with Crippen molar-refractivity contribution >= 4 is 0 Å². The fourth-order valence-electron chi connectivity index (χ4n) is 2.08. The molecule has 0 aromatic carbocycles. The molecule has 1 N–H and O–H groups in total. The highest BCUT2D eigenvalue weighted by Crippen LogP contribution is 2.18. The first-order valence-corrected chi connectivity index (χ1v) is 5.92. The molecule has 2 unspecified atom stereocenters. The van der Waals surface area contributed by atoms with E-state index in [0.717, 1.165) is 17.9 Å². The molecular weight excluding hydrogens is 158 g/mol. The minimum Gasteiger partial charge on any atom is -0.314 e. The average Bonchev–Trinajstić information content (AvgIpc) is 2.08. The highest BCUT2D eigenvalue weighted by molar-refractivity contribution is 4.75. The molecule has 1 saturated heterocycles. The Morgan fingerprint density at radius 3 is 2.62 bits per heavy atom. The highest BCUT2D eigenvalue weighted by atomic mass is 14.9. The van der Waals surface area contributed by atoms with Gasteiger partial charge in [0.25, 0.3) is 0 Å². The van der Waals surface area contributed by atoms with Crippen molar-refractivity contribution in [2.24, 2.45) is 11.8 Å². The van der Waals surface area contributed by atoms with E-state index in [1.807, 2.05) is 0 Å².